The molecular formula is C20H27BrN4O3S. The second-order valence-corrected chi connectivity index (χ2v) is 11.6. The van der Waals surface area contributed by atoms with Gasteiger partial charge in [-0.1, -0.05) is 27.2 Å². The predicted molar refractivity (Wildman–Crippen MR) is 118 cm³/mol. The summed E-state index contributed by atoms with van der Waals surface area (Å²) >= 11 is 4.77. The number of hydrogen-bond acceptors (Lipinski definition) is 5. The van der Waals surface area contributed by atoms with Gasteiger partial charge in [-0.05, 0) is 59.8 Å². The van der Waals surface area contributed by atoms with Crippen LogP contribution < -0.4 is 5.56 Å². The third-order valence-electron chi connectivity index (χ3n) is 6.51. The molecule has 0 aromatic carbocycles. The molecule has 2 atom stereocenters. The first-order chi connectivity index (χ1) is 13.6. The molecule has 7 nitrogen and oxygen atoms in total. The first-order valence-electron chi connectivity index (χ1n) is 10.1. The Balaban J connectivity index is 1.87. The molecule has 2 aliphatic heterocycles. The first-order valence-corrected chi connectivity index (χ1v) is 11.7. The van der Waals surface area contributed by atoms with Gasteiger partial charge >= 0.3 is 6.09 Å². The SMILES string of the molecule is CC(C)(C)[C@]1(c2nc3cc(Br)sc3c(=O)[nH]2)CC(N2CCCCC2)CN1C(=O)O. The van der Waals surface area contributed by atoms with Crippen molar-refractivity contribution < 1.29 is 9.90 Å². The normalized spacial score (nSPS) is 26.3. The quantitative estimate of drug-likeness (QED) is 0.668. The van der Waals surface area contributed by atoms with Gasteiger partial charge in [0.1, 0.15) is 16.1 Å². The smallest absolute Gasteiger partial charge is 0.408 e. The molecule has 2 aromatic rings. The number of thiophene rings is 1. The summed E-state index contributed by atoms with van der Waals surface area (Å²) in [4.78, 5) is 36.9. The second kappa shape index (κ2) is 7.35. The van der Waals surface area contributed by atoms with E-state index in [4.69, 9.17) is 4.98 Å². The number of carbonyl (C=O) groups is 1. The lowest BCUT2D eigenvalue weighted by molar-refractivity contribution is 0.0207. The lowest BCUT2D eigenvalue weighted by Gasteiger charge is -2.46. The number of aromatic nitrogens is 2. The number of rotatable bonds is 2. The van der Waals surface area contributed by atoms with Crippen LogP contribution in [0.25, 0.3) is 10.2 Å². The zero-order valence-corrected chi connectivity index (χ0v) is 19.4. The number of halogens is 1. The Morgan fingerprint density at radius 3 is 2.66 bits per heavy atom. The highest BCUT2D eigenvalue weighted by Crippen LogP contribution is 2.51. The van der Waals surface area contributed by atoms with E-state index in [1.165, 1.54) is 22.7 Å². The van der Waals surface area contributed by atoms with Crippen LogP contribution in [0.4, 0.5) is 4.79 Å². The fraction of sp³-hybridized carbons (Fsp3) is 0.650. The van der Waals surface area contributed by atoms with E-state index in [1.54, 1.807) is 0 Å². The number of nitrogens with one attached hydrogen (secondary N) is 1. The molecule has 9 heteroatoms. The Hall–Kier alpha value is -1.45. The molecular weight excluding hydrogens is 456 g/mol. The summed E-state index contributed by atoms with van der Waals surface area (Å²) < 4.78 is 1.39. The van der Waals surface area contributed by atoms with Gasteiger partial charge in [-0.3, -0.25) is 14.6 Å². The van der Waals surface area contributed by atoms with Crippen molar-refractivity contribution >= 4 is 43.6 Å². The average Bonchev–Trinajstić information content (AvgIpc) is 3.23. The highest BCUT2D eigenvalue weighted by atomic mass is 79.9. The highest BCUT2D eigenvalue weighted by molar-refractivity contribution is 9.11. The molecule has 4 rings (SSSR count). The minimum Gasteiger partial charge on any atom is -0.465 e. The van der Waals surface area contributed by atoms with E-state index in [0.717, 1.165) is 29.7 Å². The van der Waals surface area contributed by atoms with E-state index in [0.29, 0.717) is 29.0 Å². The van der Waals surface area contributed by atoms with Crippen LogP contribution in [0.2, 0.25) is 0 Å². The number of hydrogen-bond donors (Lipinski definition) is 2. The Kier molecular flexibility index (Phi) is 5.28. The van der Waals surface area contributed by atoms with Crippen LogP contribution in [0.3, 0.4) is 0 Å². The van der Waals surface area contributed by atoms with E-state index in [2.05, 4.69) is 25.8 Å². The summed E-state index contributed by atoms with van der Waals surface area (Å²) in [6, 6.07) is 1.96. The summed E-state index contributed by atoms with van der Waals surface area (Å²) in [7, 11) is 0. The second-order valence-electron chi connectivity index (χ2n) is 9.14. The first kappa shape index (κ1) is 20.8. The monoisotopic (exact) mass is 482 g/mol. The lowest BCUT2D eigenvalue weighted by Crippen LogP contribution is -2.54. The fourth-order valence-corrected chi connectivity index (χ4v) is 6.47. The number of carboxylic acid groups (broad SMARTS) is 1. The van der Waals surface area contributed by atoms with Crippen molar-refractivity contribution in [1.82, 2.24) is 19.8 Å². The molecule has 0 radical (unpaired) electrons. The molecule has 2 saturated heterocycles. The average molecular weight is 483 g/mol. The topological polar surface area (TPSA) is 89.5 Å². The zero-order chi connectivity index (χ0) is 21.0. The standard InChI is InChI=1S/C20H27BrN4O3S/c1-19(2,3)20(17-22-13-9-14(21)29-15(13)16(26)23-17)10-12(11-25(20)18(27)28)24-7-5-4-6-8-24/h9,12H,4-8,10-11H2,1-3H3,(H,27,28)(H,22,23,26)/t12?,20-/m1/s1. The zero-order valence-electron chi connectivity index (χ0n) is 17.0. The summed E-state index contributed by atoms with van der Waals surface area (Å²) in [6.07, 6.45) is 3.19. The van der Waals surface area contributed by atoms with Crippen LogP contribution in [0.1, 0.15) is 52.3 Å². The Morgan fingerprint density at radius 1 is 1.34 bits per heavy atom. The van der Waals surface area contributed by atoms with Crippen LogP contribution in [-0.4, -0.2) is 56.6 Å². The van der Waals surface area contributed by atoms with E-state index in [9.17, 15) is 14.7 Å². The van der Waals surface area contributed by atoms with Gasteiger partial charge in [-0.15, -0.1) is 11.3 Å². The minimum absolute atomic E-state index is 0.126. The Labute approximate surface area is 182 Å². The molecule has 1 amide bonds. The maximum Gasteiger partial charge on any atom is 0.408 e. The number of nitrogens with zero attached hydrogens (tertiary/aromatic N) is 3. The number of piperidine rings is 1. The minimum atomic E-state index is -0.964. The summed E-state index contributed by atoms with van der Waals surface area (Å²) in [5.74, 6) is 0.453. The summed E-state index contributed by atoms with van der Waals surface area (Å²) in [6.45, 7) is 8.54. The van der Waals surface area contributed by atoms with Gasteiger partial charge in [0.05, 0.1) is 9.30 Å². The molecule has 0 aliphatic carbocycles. The van der Waals surface area contributed by atoms with Crippen LogP contribution in [0.5, 0.6) is 0 Å². The van der Waals surface area contributed by atoms with Crippen LogP contribution in [0.15, 0.2) is 14.6 Å². The van der Waals surface area contributed by atoms with Crippen molar-refractivity contribution in [2.75, 3.05) is 19.6 Å². The predicted octanol–water partition coefficient (Wildman–Crippen LogP) is 4.23. The third kappa shape index (κ3) is 3.41. The van der Waals surface area contributed by atoms with E-state index < -0.39 is 17.0 Å². The molecule has 0 saturated carbocycles. The van der Waals surface area contributed by atoms with Crippen molar-refractivity contribution in [3.63, 3.8) is 0 Å². The van der Waals surface area contributed by atoms with Crippen LogP contribution >= 0.6 is 27.3 Å². The van der Waals surface area contributed by atoms with Gasteiger partial charge in [-0.25, -0.2) is 9.78 Å². The van der Waals surface area contributed by atoms with Crippen LogP contribution in [-0.2, 0) is 5.54 Å². The largest absolute Gasteiger partial charge is 0.465 e. The number of likely N-dealkylation sites (tertiary alicyclic amines) is 2. The van der Waals surface area contributed by atoms with Crippen molar-refractivity contribution in [2.24, 2.45) is 5.41 Å². The third-order valence-corrected chi connectivity index (χ3v) is 8.13. The number of fused-ring (bicyclic) bond motifs is 1. The van der Waals surface area contributed by atoms with Gasteiger partial charge in [0.25, 0.3) is 5.56 Å². The molecule has 1 unspecified atom stereocenters. The number of H-pyrrole nitrogens is 1. The molecule has 4 heterocycles. The van der Waals surface area contributed by atoms with Crippen molar-refractivity contribution in [3.05, 3.63) is 26.0 Å². The van der Waals surface area contributed by atoms with Crippen molar-refractivity contribution in [3.8, 4) is 0 Å². The molecule has 158 valence electrons. The van der Waals surface area contributed by atoms with Gasteiger partial charge < -0.3 is 10.1 Å². The maximum absolute atomic E-state index is 12.8. The number of aromatic amines is 1. The molecule has 2 aliphatic rings. The molecule has 0 spiro atoms. The molecule has 29 heavy (non-hydrogen) atoms. The molecule has 2 N–H and O–H groups in total. The molecule has 0 bridgehead atoms. The van der Waals surface area contributed by atoms with Gasteiger partial charge in [0.15, 0.2) is 0 Å². The summed E-state index contributed by atoms with van der Waals surface area (Å²) in [5.41, 5.74) is -0.956. The summed E-state index contributed by atoms with van der Waals surface area (Å²) in [5, 5.41) is 10.2. The van der Waals surface area contributed by atoms with Crippen molar-refractivity contribution in [2.45, 2.75) is 58.0 Å². The molecule has 2 fully saturated rings. The molecule has 2 aromatic heterocycles. The Morgan fingerprint density at radius 2 is 2.03 bits per heavy atom. The van der Waals surface area contributed by atoms with E-state index >= 15 is 0 Å². The van der Waals surface area contributed by atoms with Gasteiger partial charge in [0.2, 0.25) is 0 Å². The Bertz CT molecular complexity index is 992. The van der Waals surface area contributed by atoms with Gasteiger partial charge in [0, 0.05) is 12.6 Å². The number of amides is 1. The van der Waals surface area contributed by atoms with Gasteiger partial charge in [-0.2, -0.15) is 0 Å². The van der Waals surface area contributed by atoms with Crippen molar-refractivity contribution in [1.29, 1.82) is 0 Å². The maximum atomic E-state index is 12.8. The fourth-order valence-electron chi connectivity index (χ4n) is 5.05. The lowest BCUT2D eigenvalue weighted by atomic mass is 9.70. The van der Waals surface area contributed by atoms with E-state index in [1.807, 2.05) is 26.8 Å². The van der Waals surface area contributed by atoms with E-state index in [-0.39, 0.29) is 11.6 Å². The van der Waals surface area contributed by atoms with Crippen LogP contribution in [0, 0.1) is 5.41 Å². The highest BCUT2D eigenvalue weighted by Gasteiger charge is 2.58.